The molecule has 1 aromatic carbocycles. The smallest absolute Gasteiger partial charge is 0.406 e. The van der Waals surface area contributed by atoms with E-state index in [1.807, 2.05) is 0 Å². The molecule has 0 radical (unpaired) electrons. The second-order valence-electron chi connectivity index (χ2n) is 6.85. The number of anilines is 1. The van der Waals surface area contributed by atoms with E-state index in [2.05, 4.69) is 20.3 Å². The first-order chi connectivity index (χ1) is 14.3. The van der Waals surface area contributed by atoms with E-state index >= 15 is 0 Å². The summed E-state index contributed by atoms with van der Waals surface area (Å²) < 4.78 is 47.9. The Morgan fingerprint density at radius 1 is 1.30 bits per heavy atom. The maximum atomic E-state index is 12.8. The van der Waals surface area contributed by atoms with E-state index in [9.17, 15) is 22.8 Å². The summed E-state index contributed by atoms with van der Waals surface area (Å²) in [7, 11) is 0. The SMILES string of the molecule is O=C(Nc1ccc(OC(F)(F)F)cc1)c1cn(CC2CCCO2)cc2c(=O)[nH]nc1-2. The van der Waals surface area contributed by atoms with Crippen LogP contribution in [0.1, 0.15) is 23.2 Å². The van der Waals surface area contributed by atoms with Gasteiger partial charge in [0.05, 0.1) is 17.2 Å². The molecular formula is C19H17F3N4O4. The number of benzene rings is 1. The largest absolute Gasteiger partial charge is 0.573 e. The van der Waals surface area contributed by atoms with Gasteiger partial charge >= 0.3 is 6.36 Å². The molecule has 1 aromatic rings. The lowest BCUT2D eigenvalue weighted by atomic mass is 10.1. The van der Waals surface area contributed by atoms with E-state index in [0.29, 0.717) is 13.2 Å². The summed E-state index contributed by atoms with van der Waals surface area (Å²) in [5.74, 6) is -0.960. The molecule has 0 aliphatic carbocycles. The van der Waals surface area contributed by atoms with Gasteiger partial charge in [-0.1, -0.05) is 0 Å². The average molecular weight is 422 g/mol. The van der Waals surface area contributed by atoms with E-state index in [-0.39, 0.29) is 28.6 Å². The van der Waals surface area contributed by atoms with Gasteiger partial charge in [-0.15, -0.1) is 13.2 Å². The van der Waals surface area contributed by atoms with Gasteiger partial charge in [0.2, 0.25) is 0 Å². The van der Waals surface area contributed by atoms with E-state index in [1.165, 1.54) is 12.1 Å². The number of aromatic nitrogens is 3. The van der Waals surface area contributed by atoms with Crippen molar-refractivity contribution >= 4 is 11.6 Å². The zero-order valence-electron chi connectivity index (χ0n) is 15.5. The summed E-state index contributed by atoms with van der Waals surface area (Å²) in [5, 5.41) is 8.85. The lowest BCUT2D eigenvalue weighted by Gasteiger charge is -2.16. The van der Waals surface area contributed by atoms with Crippen LogP contribution in [0, 0.1) is 0 Å². The van der Waals surface area contributed by atoms with Crippen LogP contribution in [-0.2, 0) is 11.3 Å². The topological polar surface area (TPSA) is 98.2 Å². The molecule has 1 unspecified atom stereocenters. The van der Waals surface area contributed by atoms with Gasteiger partial charge in [-0.3, -0.25) is 9.59 Å². The molecular weight excluding hydrogens is 405 g/mol. The summed E-state index contributed by atoms with van der Waals surface area (Å²) in [6.07, 6.45) is 0.213. The highest BCUT2D eigenvalue weighted by atomic mass is 19.4. The Kier molecular flexibility index (Phi) is 5.20. The Morgan fingerprint density at radius 2 is 2.07 bits per heavy atom. The third kappa shape index (κ3) is 4.46. The van der Waals surface area contributed by atoms with Crippen LogP contribution in [0.2, 0.25) is 0 Å². The molecule has 1 amide bonds. The van der Waals surface area contributed by atoms with Gasteiger partial charge in [-0.25, -0.2) is 5.10 Å². The van der Waals surface area contributed by atoms with Crippen molar-refractivity contribution in [2.24, 2.45) is 0 Å². The summed E-state index contributed by atoms with van der Waals surface area (Å²) in [6.45, 7) is 1.15. The van der Waals surface area contributed by atoms with Gasteiger partial charge in [-0.2, -0.15) is 5.10 Å². The molecule has 0 spiro atoms. The molecule has 30 heavy (non-hydrogen) atoms. The van der Waals surface area contributed by atoms with E-state index in [1.54, 1.807) is 17.0 Å². The van der Waals surface area contributed by atoms with E-state index < -0.39 is 23.6 Å². The number of nitrogens with one attached hydrogen (secondary N) is 2. The summed E-state index contributed by atoms with van der Waals surface area (Å²) >= 11 is 0. The predicted molar refractivity (Wildman–Crippen MR) is 99.5 cm³/mol. The molecule has 0 saturated carbocycles. The number of fused-ring (bicyclic) bond motifs is 1. The normalized spacial score (nSPS) is 16.7. The number of hydrogen-bond donors (Lipinski definition) is 2. The Labute approximate surface area is 167 Å². The van der Waals surface area contributed by atoms with Crippen molar-refractivity contribution in [3.63, 3.8) is 0 Å². The van der Waals surface area contributed by atoms with Gasteiger partial charge < -0.3 is 19.4 Å². The molecule has 0 aromatic heterocycles. The van der Waals surface area contributed by atoms with Gasteiger partial charge in [0, 0.05) is 31.2 Å². The maximum Gasteiger partial charge on any atom is 0.573 e. The van der Waals surface area contributed by atoms with Crippen LogP contribution >= 0.6 is 0 Å². The fourth-order valence-corrected chi connectivity index (χ4v) is 3.32. The van der Waals surface area contributed by atoms with Crippen molar-refractivity contribution in [2.45, 2.75) is 31.9 Å². The quantitative estimate of drug-likeness (QED) is 0.659. The van der Waals surface area contributed by atoms with Crippen molar-refractivity contribution in [3.8, 4) is 17.0 Å². The third-order valence-corrected chi connectivity index (χ3v) is 4.64. The number of aromatic amines is 1. The van der Waals surface area contributed by atoms with Gasteiger partial charge in [0.15, 0.2) is 0 Å². The lowest BCUT2D eigenvalue weighted by molar-refractivity contribution is -0.274. The van der Waals surface area contributed by atoms with Gasteiger partial charge in [0.1, 0.15) is 11.4 Å². The van der Waals surface area contributed by atoms with Crippen LogP contribution in [0.5, 0.6) is 5.75 Å². The Morgan fingerprint density at radius 3 is 2.73 bits per heavy atom. The second kappa shape index (κ2) is 7.82. The Balaban J connectivity index is 1.56. The number of alkyl halides is 3. The summed E-state index contributed by atoms with van der Waals surface area (Å²) in [5.41, 5.74) is 0.455. The highest BCUT2D eigenvalue weighted by molar-refractivity contribution is 6.08. The standard InChI is InChI=1S/C19H17F3N4O4/c20-19(21,22)30-12-5-3-11(4-6-12)23-17(27)14-9-26(8-13-2-1-7-29-13)10-15-16(14)24-25-18(15)28/h3-6,9-10,13H,1-2,7-8H2,(H,23,27)(H,25,28). The zero-order valence-corrected chi connectivity index (χ0v) is 15.5. The summed E-state index contributed by atoms with van der Waals surface area (Å²) in [6, 6.07) is 4.74. The third-order valence-electron chi connectivity index (χ3n) is 4.64. The minimum Gasteiger partial charge on any atom is -0.406 e. The minimum atomic E-state index is -4.80. The molecule has 1 saturated heterocycles. The van der Waals surface area contributed by atoms with E-state index in [0.717, 1.165) is 25.0 Å². The van der Waals surface area contributed by atoms with Crippen molar-refractivity contribution in [2.75, 3.05) is 11.9 Å². The van der Waals surface area contributed by atoms with Crippen LogP contribution in [-0.4, -0.2) is 39.7 Å². The van der Waals surface area contributed by atoms with Crippen LogP contribution in [0.15, 0.2) is 41.5 Å². The molecule has 158 valence electrons. The molecule has 3 heterocycles. The number of rotatable bonds is 5. The minimum absolute atomic E-state index is 0.00783. The van der Waals surface area contributed by atoms with Crippen LogP contribution in [0.25, 0.3) is 11.3 Å². The molecule has 0 bridgehead atoms. The first kappa shape index (κ1) is 20.0. The van der Waals surface area contributed by atoms with Gasteiger partial charge in [0.25, 0.3) is 11.5 Å². The second-order valence-corrected chi connectivity index (χ2v) is 6.85. The fraction of sp³-hybridized carbons (Fsp3) is 0.316. The number of carbonyl (C=O) groups excluding carboxylic acids is 1. The first-order valence-corrected chi connectivity index (χ1v) is 9.15. The molecule has 1 fully saturated rings. The maximum absolute atomic E-state index is 12.8. The van der Waals surface area contributed by atoms with Crippen molar-refractivity contribution in [1.29, 1.82) is 0 Å². The zero-order chi connectivity index (χ0) is 21.3. The number of hydrogen-bond acceptors (Lipinski definition) is 5. The number of halogens is 3. The number of pyridine rings is 1. The van der Waals surface area contributed by atoms with Crippen molar-refractivity contribution in [3.05, 3.63) is 52.6 Å². The first-order valence-electron chi connectivity index (χ1n) is 9.15. The number of amides is 1. The Bertz CT molecular complexity index is 1070. The number of nitrogens with zero attached hydrogens (tertiary/aromatic N) is 2. The van der Waals surface area contributed by atoms with Crippen LogP contribution in [0.4, 0.5) is 18.9 Å². The molecule has 1 atom stereocenters. The average Bonchev–Trinajstić information content (AvgIpc) is 3.32. The fourth-order valence-electron chi connectivity index (χ4n) is 3.32. The highest BCUT2D eigenvalue weighted by Gasteiger charge is 2.31. The van der Waals surface area contributed by atoms with Crippen LogP contribution in [0.3, 0.4) is 0 Å². The van der Waals surface area contributed by atoms with Gasteiger partial charge in [-0.05, 0) is 37.1 Å². The molecule has 8 nitrogen and oxygen atoms in total. The van der Waals surface area contributed by atoms with Crippen LogP contribution < -0.4 is 15.6 Å². The molecule has 3 aliphatic rings. The Hall–Kier alpha value is -3.34. The lowest BCUT2D eigenvalue weighted by Crippen LogP contribution is -2.20. The predicted octanol–water partition coefficient (Wildman–Crippen LogP) is 3.01. The number of carbonyl (C=O) groups is 1. The summed E-state index contributed by atoms with van der Waals surface area (Å²) in [4.78, 5) is 24.9. The molecule has 11 heteroatoms. The number of ether oxygens (including phenoxy) is 2. The van der Waals surface area contributed by atoms with Crippen molar-refractivity contribution < 1.29 is 27.4 Å². The monoisotopic (exact) mass is 422 g/mol. The van der Waals surface area contributed by atoms with E-state index in [4.69, 9.17) is 4.74 Å². The highest BCUT2D eigenvalue weighted by Crippen LogP contribution is 2.26. The molecule has 3 aliphatic heterocycles. The molecule has 2 N–H and O–H groups in total. The van der Waals surface area contributed by atoms with Crippen molar-refractivity contribution in [1.82, 2.24) is 14.8 Å². The number of H-pyrrole nitrogens is 1. The molecule has 4 rings (SSSR count).